The van der Waals surface area contributed by atoms with E-state index in [0.717, 1.165) is 12.3 Å². The fraction of sp³-hybridized carbons (Fsp3) is 0.833. The predicted octanol–water partition coefficient (Wildman–Crippen LogP) is 2.13. The molecule has 15 heavy (non-hydrogen) atoms. The zero-order chi connectivity index (χ0) is 10.8. The summed E-state index contributed by atoms with van der Waals surface area (Å²) < 4.78 is 4.95. The molecule has 3 nitrogen and oxygen atoms in total. The van der Waals surface area contributed by atoms with Gasteiger partial charge in [0.2, 0.25) is 0 Å². The lowest BCUT2D eigenvalue weighted by Crippen LogP contribution is -2.28. The van der Waals surface area contributed by atoms with Gasteiger partial charge in [-0.05, 0) is 43.9 Å². The predicted molar refractivity (Wildman–Crippen MR) is 54.7 cm³/mol. The Hall–Kier alpha value is -1.04. The largest absolute Gasteiger partial charge is 0.465 e. The van der Waals surface area contributed by atoms with E-state index >= 15 is 0 Å². The van der Waals surface area contributed by atoms with Gasteiger partial charge in [-0.3, -0.25) is 4.79 Å². The summed E-state index contributed by atoms with van der Waals surface area (Å²) in [5.74, 6) is 0.819. The molecule has 0 aliphatic heterocycles. The minimum atomic E-state index is -0.514. The number of rotatable bonds is 3. The fourth-order valence-electron chi connectivity index (χ4n) is 3.26. The van der Waals surface area contributed by atoms with Crippen molar-refractivity contribution in [3.05, 3.63) is 0 Å². The Morgan fingerprint density at radius 3 is 2.80 bits per heavy atom. The molecule has 2 rings (SSSR count). The van der Waals surface area contributed by atoms with Gasteiger partial charge >= 0.3 is 5.97 Å². The first-order valence-electron chi connectivity index (χ1n) is 5.82. The molecule has 0 aromatic carbocycles. The van der Waals surface area contributed by atoms with Gasteiger partial charge in [0.1, 0.15) is 5.92 Å². The van der Waals surface area contributed by atoms with Gasteiger partial charge in [-0.1, -0.05) is 6.42 Å². The number of nitrogens with zero attached hydrogens (tertiary/aromatic N) is 1. The zero-order valence-corrected chi connectivity index (χ0v) is 9.11. The van der Waals surface area contributed by atoms with Gasteiger partial charge in [0.05, 0.1) is 12.7 Å². The molecule has 82 valence electrons. The monoisotopic (exact) mass is 207 g/mol. The molecule has 2 aliphatic carbocycles. The molecule has 0 aromatic rings. The van der Waals surface area contributed by atoms with Gasteiger partial charge in [-0.25, -0.2) is 0 Å². The van der Waals surface area contributed by atoms with Gasteiger partial charge in [0.25, 0.3) is 0 Å². The first-order chi connectivity index (χ1) is 7.26. The highest BCUT2D eigenvalue weighted by Gasteiger charge is 2.45. The maximum atomic E-state index is 11.6. The van der Waals surface area contributed by atoms with Crippen LogP contribution in [-0.2, 0) is 9.53 Å². The van der Waals surface area contributed by atoms with E-state index in [9.17, 15) is 4.79 Å². The van der Waals surface area contributed by atoms with Crippen molar-refractivity contribution in [1.29, 1.82) is 5.26 Å². The van der Waals surface area contributed by atoms with E-state index in [4.69, 9.17) is 10.00 Å². The van der Waals surface area contributed by atoms with Crippen LogP contribution in [0.15, 0.2) is 0 Å². The molecule has 0 spiro atoms. The van der Waals surface area contributed by atoms with E-state index in [2.05, 4.69) is 6.07 Å². The summed E-state index contributed by atoms with van der Waals surface area (Å²) in [6.07, 6.45) is 4.78. The van der Waals surface area contributed by atoms with Crippen LogP contribution < -0.4 is 0 Å². The van der Waals surface area contributed by atoms with Crippen LogP contribution in [0.3, 0.4) is 0 Å². The smallest absolute Gasteiger partial charge is 0.323 e. The average Bonchev–Trinajstić information content (AvgIpc) is 2.81. The topological polar surface area (TPSA) is 50.1 Å². The normalized spacial score (nSPS) is 34.8. The van der Waals surface area contributed by atoms with Crippen LogP contribution >= 0.6 is 0 Å². The zero-order valence-electron chi connectivity index (χ0n) is 9.11. The van der Waals surface area contributed by atoms with E-state index in [-0.39, 0.29) is 11.9 Å². The maximum absolute atomic E-state index is 11.6. The number of ether oxygens (including phenoxy) is 1. The Balaban J connectivity index is 2.02. The molecular formula is C12H17NO2. The second-order valence-corrected chi connectivity index (χ2v) is 4.70. The number of hydrogen-bond acceptors (Lipinski definition) is 3. The molecule has 2 bridgehead atoms. The molecule has 4 atom stereocenters. The Labute approximate surface area is 90.4 Å². The quantitative estimate of drug-likeness (QED) is 0.666. The van der Waals surface area contributed by atoms with Gasteiger partial charge in [-0.15, -0.1) is 0 Å². The lowest BCUT2D eigenvalue weighted by atomic mass is 9.80. The van der Waals surface area contributed by atoms with Crippen LogP contribution in [0.1, 0.15) is 32.6 Å². The van der Waals surface area contributed by atoms with Crippen LogP contribution in [0.4, 0.5) is 0 Å². The second kappa shape index (κ2) is 4.22. The molecule has 2 aliphatic rings. The van der Waals surface area contributed by atoms with Crippen LogP contribution in [0.2, 0.25) is 0 Å². The van der Waals surface area contributed by atoms with Crippen LogP contribution in [0.25, 0.3) is 0 Å². The van der Waals surface area contributed by atoms with Gasteiger partial charge in [-0.2, -0.15) is 5.26 Å². The van der Waals surface area contributed by atoms with Crippen LogP contribution in [-0.4, -0.2) is 12.6 Å². The third-order valence-corrected chi connectivity index (χ3v) is 3.90. The number of esters is 1. The summed E-state index contributed by atoms with van der Waals surface area (Å²) in [6, 6.07) is 2.14. The molecule has 0 radical (unpaired) electrons. The molecule has 0 saturated heterocycles. The minimum Gasteiger partial charge on any atom is -0.465 e. The number of carbonyl (C=O) groups excluding carboxylic acids is 1. The van der Waals surface area contributed by atoms with Crippen LogP contribution in [0, 0.1) is 35.0 Å². The number of nitriles is 1. The Kier molecular flexibility index (Phi) is 2.95. The van der Waals surface area contributed by atoms with Crippen molar-refractivity contribution in [3.63, 3.8) is 0 Å². The van der Waals surface area contributed by atoms with Crippen molar-refractivity contribution in [2.75, 3.05) is 6.61 Å². The summed E-state index contributed by atoms with van der Waals surface area (Å²) in [5, 5.41) is 9.06. The first kappa shape index (κ1) is 10.5. The van der Waals surface area contributed by atoms with Crippen LogP contribution in [0.5, 0.6) is 0 Å². The third kappa shape index (κ3) is 1.86. The number of hydrogen-bond donors (Lipinski definition) is 0. The summed E-state index contributed by atoms with van der Waals surface area (Å²) in [4.78, 5) is 11.6. The van der Waals surface area contributed by atoms with E-state index in [1.54, 1.807) is 6.92 Å². The fourth-order valence-corrected chi connectivity index (χ4v) is 3.26. The van der Waals surface area contributed by atoms with E-state index in [1.807, 2.05) is 0 Å². The van der Waals surface area contributed by atoms with Crippen molar-refractivity contribution >= 4 is 5.97 Å². The van der Waals surface area contributed by atoms with Gasteiger partial charge in [0, 0.05) is 0 Å². The van der Waals surface area contributed by atoms with Crippen molar-refractivity contribution in [1.82, 2.24) is 0 Å². The first-order valence-corrected chi connectivity index (χ1v) is 5.82. The van der Waals surface area contributed by atoms with E-state index in [1.165, 1.54) is 19.3 Å². The lowest BCUT2D eigenvalue weighted by Gasteiger charge is -2.24. The SMILES string of the molecule is CCOC(=O)[C@H](C#N)[C@H]1C[C@@H]2CC[C@@H]1C2. The third-order valence-electron chi connectivity index (χ3n) is 3.90. The number of carbonyl (C=O) groups is 1. The standard InChI is InChI=1S/C12H17NO2/c1-2-15-12(14)11(7-13)10-6-8-3-4-9(10)5-8/h8-11H,2-6H2,1H3/t8-,9-,10+,11-/m1/s1. The molecule has 0 unspecified atom stereocenters. The van der Waals surface area contributed by atoms with Gasteiger partial charge < -0.3 is 4.74 Å². The van der Waals surface area contributed by atoms with Crippen molar-refractivity contribution in [3.8, 4) is 6.07 Å². The van der Waals surface area contributed by atoms with Crippen molar-refractivity contribution in [2.24, 2.45) is 23.7 Å². The second-order valence-electron chi connectivity index (χ2n) is 4.70. The summed E-state index contributed by atoms with van der Waals surface area (Å²) in [7, 11) is 0. The van der Waals surface area contributed by atoms with E-state index < -0.39 is 5.92 Å². The molecular weight excluding hydrogens is 190 g/mol. The summed E-state index contributed by atoms with van der Waals surface area (Å²) >= 11 is 0. The van der Waals surface area contributed by atoms with E-state index in [0.29, 0.717) is 12.5 Å². The van der Waals surface area contributed by atoms with Gasteiger partial charge in [0.15, 0.2) is 0 Å². The van der Waals surface area contributed by atoms with Crippen molar-refractivity contribution in [2.45, 2.75) is 32.6 Å². The number of fused-ring (bicyclic) bond motifs is 2. The minimum absolute atomic E-state index is 0.271. The Morgan fingerprint density at radius 1 is 1.53 bits per heavy atom. The lowest BCUT2D eigenvalue weighted by molar-refractivity contribution is -0.148. The average molecular weight is 207 g/mol. The molecule has 0 amide bonds. The Morgan fingerprint density at radius 2 is 2.33 bits per heavy atom. The van der Waals surface area contributed by atoms with Crippen molar-refractivity contribution < 1.29 is 9.53 Å². The summed E-state index contributed by atoms with van der Waals surface area (Å²) in [6.45, 7) is 2.16. The highest BCUT2D eigenvalue weighted by Crippen LogP contribution is 2.51. The molecule has 3 heteroatoms. The molecule has 0 heterocycles. The molecule has 0 N–H and O–H groups in total. The molecule has 2 fully saturated rings. The molecule has 0 aromatic heterocycles. The highest BCUT2D eigenvalue weighted by molar-refractivity contribution is 5.75. The Bertz CT molecular complexity index is 294. The maximum Gasteiger partial charge on any atom is 0.323 e. The summed E-state index contributed by atoms with van der Waals surface area (Å²) in [5.41, 5.74) is 0. The molecule has 2 saturated carbocycles. The highest BCUT2D eigenvalue weighted by atomic mass is 16.5.